The largest absolute Gasteiger partial charge is 0.468 e. The summed E-state index contributed by atoms with van der Waals surface area (Å²) in [5.74, 6) is 2.16. The summed E-state index contributed by atoms with van der Waals surface area (Å²) in [6.07, 6.45) is 2.86. The van der Waals surface area contributed by atoms with E-state index in [1.54, 1.807) is 12.1 Å². The number of likely N-dealkylation sites (tertiary alicyclic amines) is 1. The molecule has 8 heteroatoms. The van der Waals surface area contributed by atoms with Crippen molar-refractivity contribution in [1.29, 1.82) is 0 Å². The Bertz CT molecular complexity index is 866. The molecule has 1 fully saturated rings. The summed E-state index contributed by atoms with van der Waals surface area (Å²) in [6, 6.07) is 3.24. The molecule has 0 N–H and O–H groups in total. The molecule has 1 unspecified atom stereocenters. The standard InChI is InChI=1S/C19H21ClN2O5/c1-11-14(9-22-6-4-3-5-15(22)19(23)24-2)21-18(27-11)12-7-16-17(8-13(12)20)26-10-25-16/h7-8,15H,3-6,9-10H2,1-2H3. The fraction of sp³-hybridized carbons (Fsp3) is 0.474. The number of ether oxygens (including phenoxy) is 3. The average Bonchev–Trinajstić information content (AvgIpc) is 3.27. The van der Waals surface area contributed by atoms with Crippen molar-refractivity contribution in [3.8, 4) is 23.0 Å². The molecule has 0 amide bonds. The van der Waals surface area contributed by atoms with E-state index in [9.17, 15) is 4.79 Å². The van der Waals surface area contributed by atoms with Gasteiger partial charge in [0.15, 0.2) is 11.5 Å². The van der Waals surface area contributed by atoms with Crippen molar-refractivity contribution in [2.45, 2.75) is 38.8 Å². The third-order valence-corrected chi connectivity index (χ3v) is 5.34. The molecule has 0 spiro atoms. The highest BCUT2D eigenvalue weighted by Gasteiger charge is 2.31. The number of carbonyl (C=O) groups excluding carboxylic acids is 1. The summed E-state index contributed by atoms with van der Waals surface area (Å²) in [4.78, 5) is 18.8. The molecule has 0 bridgehead atoms. The van der Waals surface area contributed by atoms with E-state index in [0.29, 0.717) is 40.3 Å². The van der Waals surface area contributed by atoms with Crippen LogP contribution in [0.4, 0.5) is 0 Å². The number of aryl methyl sites for hydroxylation is 1. The first-order valence-electron chi connectivity index (χ1n) is 8.94. The van der Waals surface area contributed by atoms with Gasteiger partial charge in [0.1, 0.15) is 11.8 Å². The fourth-order valence-electron chi connectivity index (χ4n) is 3.55. The first kappa shape index (κ1) is 18.1. The molecular weight excluding hydrogens is 372 g/mol. The number of esters is 1. The Balaban J connectivity index is 1.59. The van der Waals surface area contributed by atoms with E-state index in [1.807, 2.05) is 6.92 Å². The third kappa shape index (κ3) is 3.49. The van der Waals surface area contributed by atoms with Crippen molar-refractivity contribution in [3.05, 3.63) is 28.6 Å². The number of methoxy groups -OCH3 is 1. The molecule has 4 rings (SSSR count). The highest BCUT2D eigenvalue weighted by atomic mass is 35.5. The lowest BCUT2D eigenvalue weighted by Crippen LogP contribution is -2.44. The predicted octanol–water partition coefficient (Wildman–Crippen LogP) is 3.56. The van der Waals surface area contributed by atoms with Crippen LogP contribution in [0.2, 0.25) is 5.02 Å². The zero-order valence-corrected chi connectivity index (χ0v) is 16.0. The second-order valence-electron chi connectivity index (χ2n) is 6.71. The fourth-order valence-corrected chi connectivity index (χ4v) is 3.78. The molecule has 1 saturated heterocycles. The van der Waals surface area contributed by atoms with Gasteiger partial charge in [-0.15, -0.1) is 0 Å². The molecular formula is C19H21ClN2O5. The maximum atomic E-state index is 12.1. The lowest BCUT2D eigenvalue weighted by Gasteiger charge is -2.33. The van der Waals surface area contributed by atoms with Gasteiger partial charge in [0.05, 0.1) is 23.4 Å². The number of carbonyl (C=O) groups is 1. The van der Waals surface area contributed by atoms with Crippen LogP contribution in [0.3, 0.4) is 0 Å². The van der Waals surface area contributed by atoms with Gasteiger partial charge >= 0.3 is 5.97 Å². The normalized spacial score (nSPS) is 19.3. The second kappa shape index (κ2) is 7.40. The number of oxazole rings is 1. The minimum atomic E-state index is -0.238. The van der Waals surface area contributed by atoms with Gasteiger partial charge in [-0.3, -0.25) is 9.69 Å². The quantitative estimate of drug-likeness (QED) is 0.736. The maximum absolute atomic E-state index is 12.1. The number of hydrogen-bond donors (Lipinski definition) is 0. The van der Waals surface area contributed by atoms with Crippen LogP contribution in [0.25, 0.3) is 11.5 Å². The van der Waals surface area contributed by atoms with Gasteiger partial charge in [-0.05, 0) is 32.4 Å². The van der Waals surface area contributed by atoms with Crippen molar-refractivity contribution >= 4 is 17.6 Å². The van der Waals surface area contributed by atoms with Crippen molar-refractivity contribution in [2.24, 2.45) is 0 Å². The number of fused-ring (bicyclic) bond motifs is 1. The number of piperidine rings is 1. The third-order valence-electron chi connectivity index (χ3n) is 5.03. The van der Waals surface area contributed by atoms with Crippen LogP contribution in [-0.2, 0) is 16.1 Å². The summed E-state index contributed by atoms with van der Waals surface area (Å²) < 4.78 is 21.6. The minimum Gasteiger partial charge on any atom is -0.468 e. The van der Waals surface area contributed by atoms with Crippen molar-refractivity contribution in [3.63, 3.8) is 0 Å². The lowest BCUT2D eigenvalue weighted by atomic mass is 10.0. The van der Waals surface area contributed by atoms with Crippen LogP contribution >= 0.6 is 11.6 Å². The summed E-state index contributed by atoms with van der Waals surface area (Å²) in [5.41, 5.74) is 1.44. The highest BCUT2D eigenvalue weighted by molar-refractivity contribution is 6.33. The predicted molar refractivity (Wildman–Crippen MR) is 97.9 cm³/mol. The SMILES string of the molecule is COC(=O)C1CCCCN1Cc1nc(-c2cc3c(cc2Cl)OCO3)oc1C. The van der Waals surface area contributed by atoms with Gasteiger partial charge in [-0.2, -0.15) is 0 Å². The molecule has 3 heterocycles. The Kier molecular flexibility index (Phi) is 4.97. The summed E-state index contributed by atoms with van der Waals surface area (Å²) in [7, 11) is 1.43. The van der Waals surface area contributed by atoms with E-state index in [0.717, 1.165) is 31.5 Å². The number of benzene rings is 1. The molecule has 1 atom stereocenters. The summed E-state index contributed by atoms with van der Waals surface area (Å²) in [5, 5.41) is 0.484. The molecule has 0 radical (unpaired) electrons. The van der Waals surface area contributed by atoms with Gasteiger partial charge in [-0.1, -0.05) is 18.0 Å². The number of hydrogen-bond acceptors (Lipinski definition) is 7. The summed E-state index contributed by atoms with van der Waals surface area (Å²) >= 11 is 6.37. The zero-order valence-electron chi connectivity index (χ0n) is 15.3. The Hall–Kier alpha value is -2.25. The number of nitrogens with zero attached hydrogens (tertiary/aromatic N) is 2. The smallest absolute Gasteiger partial charge is 0.323 e. The molecule has 1 aromatic carbocycles. The van der Waals surface area contributed by atoms with E-state index in [4.69, 9.17) is 30.2 Å². The van der Waals surface area contributed by atoms with Crippen molar-refractivity contribution in [2.75, 3.05) is 20.4 Å². The monoisotopic (exact) mass is 392 g/mol. The molecule has 0 aliphatic carbocycles. The topological polar surface area (TPSA) is 74.0 Å². The molecule has 144 valence electrons. The zero-order chi connectivity index (χ0) is 19.0. The lowest BCUT2D eigenvalue weighted by molar-refractivity contribution is -0.148. The number of rotatable bonds is 4. The van der Waals surface area contributed by atoms with Crippen molar-refractivity contribution in [1.82, 2.24) is 9.88 Å². The molecule has 1 aromatic heterocycles. The summed E-state index contributed by atoms with van der Waals surface area (Å²) in [6.45, 7) is 3.39. The number of halogens is 1. The van der Waals surface area contributed by atoms with Crippen LogP contribution in [0.15, 0.2) is 16.5 Å². The Morgan fingerprint density at radius 1 is 1.33 bits per heavy atom. The van der Waals surface area contributed by atoms with Crippen molar-refractivity contribution < 1.29 is 23.4 Å². The van der Waals surface area contributed by atoms with Crippen LogP contribution in [-0.4, -0.2) is 42.3 Å². The molecule has 7 nitrogen and oxygen atoms in total. The van der Waals surface area contributed by atoms with E-state index in [-0.39, 0.29) is 18.8 Å². The Morgan fingerprint density at radius 2 is 2.11 bits per heavy atom. The van der Waals surface area contributed by atoms with Crippen LogP contribution in [0, 0.1) is 6.92 Å². The van der Waals surface area contributed by atoms with Gasteiger partial charge < -0.3 is 18.6 Å². The van der Waals surface area contributed by atoms with Crippen LogP contribution in [0.1, 0.15) is 30.7 Å². The van der Waals surface area contributed by atoms with E-state index in [1.165, 1.54) is 7.11 Å². The van der Waals surface area contributed by atoms with Crippen LogP contribution < -0.4 is 9.47 Å². The number of aromatic nitrogens is 1. The molecule has 27 heavy (non-hydrogen) atoms. The van der Waals surface area contributed by atoms with Gasteiger partial charge in [0.2, 0.25) is 12.7 Å². The van der Waals surface area contributed by atoms with E-state index >= 15 is 0 Å². The van der Waals surface area contributed by atoms with Gasteiger partial charge in [0.25, 0.3) is 0 Å². The van der Waals surface area contributed by atoms with E-state index < -0.39 is 0 Å². The Labute approximate surface area is 162 Å². The average molecular weight is 393 g/mol. The van der Waals surface area contributed by atoms with Crippen LogP contribution in [0.5, 0.6) is 11.5 Å². The molecule has 2 aliphatic heterocycles. The minimum absolute atomic E-state index is 0.175. The second-order valence-corrected chi connectivity index (χ2v) is 7.12. The molecule has 2 aliphatic rings. The highest BCUT2D eigenvalue weighted by Crippen LogP contribution is 2.41. The first-order valence-corrected chi connectivity index (χ1v) is 9.32. The van der Waals surface area contributed by atoms with Gasteiger partial charge in [-0.25, -0.2) is 4.98 Å². The Morgan fingerprint density at radius 3 is 2.89 bits per heavy atom. The van der Waals surface area contributed by atoms with E-state index in [2.05, 4.69) is 9.88 Å². The molecule has 2 aromatic rings. The maximum Gasteiger partial charge on any atom is 0.323 e. The van der Waals surface area contributed by atoms with Gasteiger partial charge in [0, 0.05) is 12.6 Å². The molecule has 0 saturated carbocycles. The first-order chi connectivity index (χ1) is 13.1.